The van der Waals surface area contributed by atoms with Gasteiger partial charge in [0.15, 0.2) is 0 Å². The molecule has 2 saturated heterocycles. The van der Waals surface area contributed by atoms with Crippen LogP contribution in [0.25, 0.3) is 0 Å². The van der Waals surface area contributed by atoms with E-state index in [1.807, 2.05) is 41.3 Å². The zero-order valence-electron chi connectivity index (χ0n) is 20.0. The van der Waals surface area contributed by atoms with Crippen LogP contribution >= 0.6 is 11.8 Å². The topological polar surface area (TPSA) is 82.9 Å². The molecule has 1 N–H and O–H groups in total. The molecule has 0 saturated carbocycles. The molecule has 0 unspecified atom stereocenters. The first-order chi connectivity index (χ1) is 17.6. The Labute approximate surface area is 214 Å². The van der Waals surface area contributed by atoms with E-state index >= 15 is 0 Å². The molecule has 2 aromatic carbocycles. The number of para-hydroxylation sites is 1. The molecule has 0 bridgehead atoms. The Hall–Kier alpha value is -3.52. The number of carbonyl (C=O) groups excluding carboxylic acids is 3. The minimum atomic E-state index is -0.278. The van der Waals surface area contributed by atoms with Crippen molar-refractivity contribution in [3.05, 3.63) is 89.4 Å². The van der Waals surface area contributed by atoms with Gasteiger partial charge in [0, 0.05) is 18.7 Å². The lowest BCUT2D eigenvalue weighted by atomic mass is 10.1. The fourth-order valence-corrected chi connectivity index (χ4v) is 5.88. The lowest BCUT2D eigenvalue weighted by Gasteiger charge is -2.23. The lowest BCUT2D eigenvalue weighted by Crippen LogP contribution is -2.32. The van der Waals surface area contributed by atoms with Gasteiger partial charge in [-0.1, -0.05) is 37.1 Å². The third-order valence-electron chi connectivity index (χ3n) is 6.63. The van der Waals surface area contributed by atoms with Gasteiger partial charge >= 0.3 is 0 Å². The fourth-order valence-electron chi connectivity index (χ4n) is 4.69. The highest BCUT2D eigenvalue weighted by Crippen LogP contribution is 2.39. The van der Waals surface area contributed by atoms with Crippen LogP contribution in [0.4, 0.5) is 5.69 Å². The van der Waals surface area contributed by atoms with E-state index in [0.29, 0.717) is 29.1 Å². The monoisotopic (exact) mass is 503 g/mol. The van der Waals surface area contributed by atoms with Crippen molar-refractivity contribution in [1.29, 1.82) is 0 Å². The molecule has 3 amide bonds. The van der Waals surface area contributed by atoms with Crippen LogP contribution in [0.3, 0.4) is 0 Å². The highest BCUT2D eigenvalue weighted by Gasteiger charge is 2.33. The van der Waals surface area contributed by atoms with E-state index in [4.69, 9.17) is 4.42 Å². The summed E-state index contributed by atoms with van der Waals surface area (Å²) in [5, 5.41) is 2.80. The van der Waals surface area contributed by atoms with E-state index in [2.05, 4.69) is 5.32 Å². The van der Waals surface area contributed by atoms with Crippen LogP contribution < -0.4 is 5.32 Å². The largest absolute Gasteiger partial charge is 0.467 e. The summed E-state index contributed by atoms with van der Waals surface area (Å²) in [5.74, 6) is 0.896. The van der Waals surface area contributed by atoms with Gasteiger partial charge in [-0.15, -0.1) is 11.8 Å². The minimum absolute atomic E-state index is 0.0391. The molecule has 36 heavy (non-hydrogen) atoms. The summed E-state index contributed by atoms with van der Waals surface area (Å²) >= 11 is 1.56. The molecule has 7 nitrogen and oxygen atoms in total. The maximum Gasteiger partial charge on any atom is 0.255 e. The first kappa shape index (κ1) is 24.2. The van der Waals surface area contributed by atoms with Gasteiger partial charge in [0.1, 0.15) is 11.1 Å². The lowest BCUT2D eigenvalue weighted by molar-refractivity contribution is -0.128. The van der Waals surface area contributed by atoms with Crippen molar-refractivity contribution in [3.63, 3.8) is 0 Å². The number of likely N-dealkylation sites (tertiary alicyclic amines) is 1. The number of amides is 3. The Morgan fingerprint density at radius 1 is 0.944 bits per heavy atom. The van der Waals surface area contributed by atoms with Crippen molar-refractivity contribution >= 4 is 35.2 Å². The summed E-state index contributed by atoms with van der Waals surface area (Å²) in [5.41, 5.74) is 2.47. The normalized spacial score (nSPS) is 18.2. The second kappa shape index (κ2) is 11.0. The Balaban J connectivity index is 1.28. The SMILES string of the molecule is O=C(Nc1ccccc1C(=O)N1CCCCCC1)c1ccc([C@H]2SCC(=O)N2Cc2ccco2)cc1. The van der Waals surface area contributed by atoms with Gasteiger partial charge < -0.3 is 19.5 Å². The predicted octanol–water partition coefficient (Wildman–Crippen LogP) is 5.32. The van der Waals surface area contributed by atoms with Crippen molar-refractivity contribution in [2.24, 2.45) is 0 Å². The molecule has 1 atom stereocenters. The number of furan rings is 1. The van der Waals surface area contributed by atoms with E-state index < -0.39 is 0 Å². The van der Waals surface area contributed by atoms with Crippen molar-refractivity contribution in [1.82, 2.24) is 9.80 Å². The van der Waals surface area contributed by atoms with E-state index in [1.54, 1.807) is 47.2 Å². The Kier molecular flexibility index (Phi) is 7.41. The van der Waals surface area contributed by atoms with E-state index in [0.717, 1.165) is 50.1 Å². The van der Waals surface area contributed by atoms with Crippen LogP contribution in [0.5, 0.6) is 0 Å². The molecule has 2 aliphatic heterocycles. The van der Waals surface area contributed by atoms with Gasteiger partial charge in [0.25, 0.3) is 11.8 Å². The summed E-state index contributed by atoms with van der Waals surface area (Å²) < 4.78 is 5.42. The zero-order valence-corrected chi connectivity index (χ0v) is 20.8. The number of anilines is 1. The van der Waals surface area contributed by atoms with Gasteiger partial charge in [-0.2, -0.15) is 0 Å². The second-order valence-corrected chi connectivity index (χ2v) is 10.2. The van der Waals surface area contributed by atoms with E-state index in [-0.39, 0.29) is 23.1 Å². The number of carbonyl (C=O) groups is 3. The molecular formula is C28H29N3O4S. The number of rotatable bonds is 6. The summed E-state index contributed by atoms with van der Waals surface area (Å²) in [6, 6.07) is 18.1. The van der Waals surface area contributed by atoms with Gasteiger partial charge in [-0.3, -0.25) is 14.4 Å². The maximum absolute atomic E-state index is 13.2. The third kappa shape index (κ3) is 5.33. The van der Waals surface area contributed by atoms with E-state index in [9.17, 15) is 14.4 Å². The van der Waals surface area contributed by atoms with Crippen LogP contribution in [0, 0.1) is 0 Å². The summed E-state index contributed by atoms with van der Waals surface area (Å²) in [7, 11) is 0. The second-order valence-electron chi connectivity index (χ2n) is 9.09. The van der Waals surface area contributed by atoms with Gasteiger partial charge in [0.2, 0.25) is 5.91 Å². The van der Waals surface area contributed by atoms with Crippen LogP contribution in [-0.4, -0.2) is 46.4 Å². The average molecular weight is 504 g/mol. The molecule has 3 heterocycles. The molecule has 2 fully saturated rings. The summed E-state index contributed by atoms with van der Waals surface area (Å²) in [6.45, 7) is 1.91. The number of hydrogen-bond acceptors (Lipinski definition) is 5. The van der Waals surface area contributed by atoms with Gasteiger partial charge in [0.05, 0.1) is 29.8 Å². The number of benzene rings is 2. The highest BCUT2D eigenvalue weighted by molar-refractivity contribution is 8.00. The first-order valence-electron chi connectivity index (χ1n) is 12.3. The maximum atomic E-state index is 13.2. The van der Waals surface area contributed by atoms with Crippen LogP contribution in [-0.2, 0) is 11.3 Å². The quantitative estimate of drug-likeness (QED) is 0.492. The predicted molar refractivity (Wildman–Crippen MR) is 140 cm³/mol. The van der Waals surface area contributed by atoms with Gasteiger partial charge in [-0.25, -0.2) is 0 Å². The van der Waals surface area contributed by atoms with Crippen molar-refractivity contribution < 1.29 is 18.8 Å². The molecule has 0 spiro atoms. The first-order valence-corrected chi connectivity index (χ1v) is 13.4. The molecule has 8 heteroatoms. The third-order valence-corrected chi connectivity index (χ3v) is 7.89. The molecule has 2 aliphatic rings. The fraction of sp³-hybridized carbons (Fsp3) is 0.321. The average Bonchev–Trinajstić information content (AvgIpc) is 3.45. The molecule has 0 aliphatic carbocycles. The molecule has 5 rings (SSSR count). The van der Waals surface area contributed by atoms with Crippen LogP contribution in [0.2, 0.25) is 0 Å². The van der Waals surface area contributed by atoms with Crippen LogP contribution in [0.15, 0.2) is 71.3 Å². The Bertz CT molecular complexity index is 1220. The Morgan fingerprint density at radius 3 is 2.42 bits per heavy atom. The van der Waals surface area contributed by atoms with Crippen molar-refractivity contribution in [3.8, 4) is 0 Å². The smallest absolute Gasteiger partial charge is 0.255 e. The van der Waals surface area contributed by atoms with Gasteiger partial charge in [-0.05, 0) is 54.8 Å². The molecule has 3 aromatic rings. The standard InChI is InChI=1S/C28H29N3O4S/c32-25-19-36-28(31(25)18-22-8-7-17-35-22)21-13-11-20(12-14-21)26(33)29-24-10-4-3-9-23(24)27(34)30-15-5-1-2-6-16-30/h3-4,7-14,17,28H,1-2,5-6,15-16,18-19H2,(H,29,33)/t28-/m1/s1. The Morgan fingerprint density at radius 2 is 1.69 bits per heavy atom. The number of nitrogens with one attached hydrogen (secondary N) is 1. The molecule has 1 aromatic heterocycles. The van der Waals surface area contributed by atoms with Crippen molar-refractivity contribution in [2.75, 3.05) is 24.2 Å². The molecule has 186 valence electrons. The number of hydrogen-bond donors (Lipinski definition) is 1. The van der Waals surface area contributed by atoms with Crippen LogP contribution in [0.1, 0.15) is 63.1 Å². The number of thioether (sulfide) groups is 1. The molecular weight excluding hydrogens is 474 g/mol. The molecule has 0 radical (unpaired) electrons. The number of nitrogens with zero attached hydrogens (tertiary/aromatic N) is 2. The summed E-state index contributed by atoms with van der Waals surface area (Å²) in [6.07, 6.45) is 5.91. The highest BCUT2D eigenvalue weighted by atomic mass is 32.2. The minimum Gasteiger partial charge on any atom is -0.467 e. The zero-order chi connectivity index (χ0) is 24.9. The van der Waals surface area contributed by atoms with Crippen molar-refractivity contribution in [2.45, 2.75) is 37.6 Å². The van der Waals surface area contributed by atoms with E-state index in [1.165, 1.54) is 0 Å². The summed E-state index contributed by atoms with van der Waals surface area (Å²) in [4.78, 5) is 42.4.